The van der Waals surface area contributed by atoms with E-state index in [1.165, 1.54) is 11.1 Å². The second-order valence-electron chi connectivity index (χ2n) is 10.5. The van der Waals surface area contributed by atoms with E-state index in [1.807, 2.05) is 48.2 Å². The van der Waals surface area contributed by atoms with E-state index in [0.29, 0.717) is 39.0 Å². The van der Waals surface area contributed by atoms with Crippen LogP contribution in [-0.2, 0) is 20.6 Å². The average Bonchev–Trinajstić information content (AvgIpc) is 2.96. The molecule has 3 aromatic rings. The highest BCUT2D eigenvalue weighted by atomic mass is 32.2. The third-order valence-electron chi connectivity index (χ3n) is 7.89. The predicted molar refractivity (Wildman–Crippen MR) is 151 cm³/mol. The van der Waals surface area contributed by atoms with Gasteiger partial charge in [-0.25, -0.2) is 12.7 Å². The molecular weight excluding hydrogens is 494 g/mol. The van der Waals surface area contributed by atoms with Crippen LogP contribution in [0.3, 0.4) is 0 Å². The number of rotatable bonds is 7. The first-order valence-electron chi connectivity index (χ1n) is 13.6. The summed E-state index contributed by atoms with van der Waals surface area (Å²) in [6.45, 7) is 5.82. The number of nitrogens with zero attached hydrogens (tertiary/aromatic N) is 3. The number of sulfonamides is 1. The number of piperidine rings is 1. The molecule has 0 radical (unpaired) electrons. The van der Waals surface area contributed by atoms with Crippen LogP contribution in [0.15, 0.2) is 84.9 Å². The molecule has 2 saturated heterocycles. The first kappa shape index (κ1) is 26.6. The number of carbonyl (C=O) groups is 1. The van der Waals surface area contributed by atoms with Gasteiger partial charge in [-0.15, -0.1) is 0 Å². The van der Waals surface area contributed by atoms with Crippen LogP contribution in [0.1, 0.15) is 41.1 Å². The summed E-state index contributed by atoms with van der Waals surface area (Å²) in [7, 11) is -3.39. The van der Waals surface area contributed by atoms with Crippen molar-refractivity contribution in [2.24, 2.45) is 5.92 Å². The molecule has 3 aromatic carbocycles. The molecule has 2 heterocycles. The highest BCUT2D eigenvalue weighted by molar-refractivity contribution is 7.88. The maximum absolute atomic E-state index is 13.4. The van der Waals surface area contributed by atoms with Gasteiger partial charge in [0.25, 0.3) is 0 Å². The van der Waals surface area contributed by atoms with Crippen LogP contribution in [0.25, 0.3) is 0 Å². The molecule has 7 heteroatoms. The van der Waals surface area contributed by atoms with Crippen LogP contribution in [0.5, 0.6) is 0 Å². The smallest absolute Gasteiger partial charge is 0.225 e. The lowest BCUT2D eigenvalue weighted by atomic mass is 9.95. The Morgan fingerprint density at radius 1 is 0.763 bits per heavy atom. The summed E-state index contributed by atoms with van der Waals surface area (Å²) in [6, 6.07) is 28.9. The van der Waals surface area contributed by atoms with Gasteiger partial charge in [-0.1, -0.05) is 90.5 Å². The van der Waals surface area contributed by atoms with E-state index < -0.39 is 10.0 Å². The Morgan fingerprint density at radius 3 is 1.82 bits per heavy atom. The number of piperazine rings is 1. The lowest BCUT2D eigenvalue weighted by Crippen LogP contribution is -2.52. The lowest BCUT2D eigenvalue weighted by Gasteiger charge is -2.41. The number of benzene rings is 3. The fourth-order valence-electron chi connectivity index (χ4n) is 5.71. The Balaban J connectivity index is 1.16. The summed E-state index contributed by atoms with van der Waals surface area (Å²) in [6.07, 6.45) is 1.17. The summed E-state index contributed by atoms with van der Waals surface area (Å²) < 4.78 is 27.5. The van der Waals surface area contributed by atoms with Crippen molar-refractivity contribution in [3.63, 3.8) is 0 Å². The minimum Gasteiger partial charge on any atom is -0.340 e. The van der Waals surface area contributed by atoms with Crippen LogP contribution in [0.4, 0.5) is 0 Å². The molecule has 0 bridgehead atoms. The summed E-state index contributed by atoms with van der Waals surface area (Å²) in [4.78, 5) is 17.8. The maximum atomic E-state index is 13.4. The molecule has 1 amide bonds. The molecule has 0 atom stereocenters. The molecule has 5 rings (SSSR count). The Hall–Kier alpha value is -3.00. The molecule has 200 valence electrons. The molecule has 2 aliphatic heterocycles. The summed E-state index contributed by atoms with van der Waals surface area (Å²) in [5.74, 6) is 0.0836. The molecule has 2 aliphatic rings. The molecular formula is C31H37N3O3S. The Labute approximate surface area is 226 Å². The normalized spacial score (nSPS) is 18.1. The molecule has 6 nitrogen and oxygen atoms in total. The van der Waals surface area contributed by atoms with Crippen molar-refractivity contribution in [1.82, 2.24) is 14.1 Å². The van der Waals surface area contributed by atoms with Gasteiger partial charge in [-0.2, -0.15) is 0 Å². The van der Waals surface area contributed by atoms with Crippen molar-refractivity contribution in [3.8, 4) is 0 Å². The van der Waals surface area contributed by atoms with Crippen molar-refractivity contribution in [2.75, 3.05) is 39.3 Å². The highest BCUT2D eigenvalue weighted by Gasteiger charge is 2.35. The van der Waals surface area contributed by atoms with Gasteiger partial charge < -0.3 is 4.90 Å². The minimum atomic E-state index is -3.39. The largest absolute Gasteiger partial charge is 0.340 e. The van der Waals surface area contributed by atoms with Gasteiger partial charge in [0.2, 0.25) is 15.9 Å². The van der Waals surface area contributed by atoms with E-state index in [1.54, 1.807) is 4.31 Å². The Bertz CT molecular complexity index is 1260. The summed E-state index contributed by atoms with van der Waals surface area (Å²) in [5, 5.41) is 0. The minimum absolute atomic E-state index is 0.0118. The van der Waals surface area contributed by atoms with Gasteiger partial charge in [0.15, 0.2) is 0 Å². The summed E-state index contributed by atoms with van der Waals surface area (Å²) in [5.41, 5.74) is 4.44. The van der Waals surface area contributed by atoms with Crippen molar-refractivity contribution in [3.05, 3.63) is 107 Å². The summed E-state index contributed by atoms with van der Waals surface area (Å²) >= 11 is 0. The van der Waals surface area contributed by atoms with Crippen LogP contribution < -0.4 is 0 Å². The first-order chi connectivity index (χ1) is 18.4. The molecule has 2 fully saturated rings. The zero-order chi connectivity index (χ0) is 26.5. The number of hydrogen-bond donors (Lipinski definition) is 0. The van der Waals surface area contributed by atoms with E-state index in [4.69, 9.17) is 0 Å². The molecule has 0 spiro atoms. The van der Waals surface area contributed by atoms with Crippen molar-refractivity contribution in [2.45, 2.75) is 31.6 Å². The molecule has 0 unspecified atom stereocenters. The van der Waals surface area contributed by atoms with Crippen LogP contribution in [0, 0.1) is 12.8 Å². The molecule has 0 saturated carbocycles. The van der Waals surface area contributed by atoms with Gasteiger partial charge in [-0.05, 0) is 36.5 Å². The third kappa shape index (κ3) is 6.17. The predicted octanol–water partition coefficient (Wildman–Crippen LogP) is 4.47. The Morgan fingerprint density at radius 2 is 1.29 bits per heavy atom. The second-order valence-corrected chi connectivity index (χ2v) is 12.5. The van der Waals surface area contributed by atoms with Crippen LogP contribution in [0.2, 0.25) is 0 Å². The van der Waals surface area contributed by atoms with Gasteiger partial charge in [0, 0.05) is 45.2 Å². The van der Waals surface area contributed by atoms with Gasteiger partial charge in [0.05, 0.1) is 11.8 Å². The number of aryl methyl sites for hydroxylation is 1. The molecule has 0 aromatic heterocycles. The van der Waals surface area contributed by atoms with Crippen LogP contribution >= 0.6 is 0 Å². The highest BCUT2D eigenvalue weighted by Crippen LogP contribution is 2.30. The number of carbonyl (C=O) groups excluding carboxylic acids is 1. The maximum Gasteiger partial charge on any atom is 0.225 e. The fraction of sp³-hybridized carbons (Fsp3) is 0.387. The fourth-order valence-corrected chi connectivity index (χ4v) is 7.27. The van der Waals surface area contributed by atoms with E-state index in [2.05, 4.69) is 53.4 Å². The quantitative estimate of drug-likeness (QED) is 0.451. The Kier molecular flexibility index (Phi) is 8.27. The lowest BCUT2D eigenvalue weighted by molar-refractivity contribution is -0.138. The number of amides is 1. The van der Waals surface area contributed by atoms with Crippen molar-refractivity contribution >= 4 is 15.9 Å². The standard InChI is InChI=1S/C31H37N3O3S/c1-25-12-14-26(15-13-25)24-38(36,37)34-18-16-29(17-19-34)31(35)33-22-20-32(21-23-33)30(27-8-4-2-5-9-27)28-10-6-3-7-11-28/h2-15,29-30H,16-24H2,1H3. The van der Waals surface area contributed by atoms with Gasteiger partial charge in [0.1, 0.15) is 0 Å². The molecule has 0 N–H and O–H groups in total. The van der Waals surface area contributed by atoms with E-state index >= 15 is 0 Å². The first-order valence-corrected chi connectivity index (χ1v) is 15.2. The van der Waals surface area contributed by atoms with Crippen molar-refractivity contribution < 1.29 is 13.2 Å². The topological polar surface area (TPSA) is 60.9 Å². The zero-order valence-electron chi connectivity index (χ0n) is 22.1. The monoisotopic (exact) mass is 531 g/mol. The number of hydrogen-bond acceptors (Lipinski definition) is 4. The molecule has 38 heavy (non-hydrogen) atoms. The molecule has 0 aliphatic carbocycles. The van der Waals surface area contributed by atoms with E-state index in [9.17, 15) is 13.2 Å². The SMILES string of the molecule is Cc1ccc(CS(=O)(=O)N2CCC(C(=O)N3CCN(C(c4ccccc4)c4ccccc4)CC3)CC2)cc1. The van der Waals surface area contributed by atoms with Gasteiger partial charge >= 0.3 is 0 Å². The zero-order valence-corrected chi connectivity index (χ0v) is 22.9. The van der Waals surface area contributed by atoms with Crippen LogP contribution in [-0.4, -0.2) is 67.7 Å². The van der Waals surface area contributed by atoms with Gasteiger partial charge in [-0.3, -0.25) is 9.69 Å². The van der Waals surface area contributed by atoms with Crippen molar-refractivity contribution in [1.29, 1.82) is 0 Å². The average molecular weight is 532 g/mol. The third-order valence-corrected chi connectivity index (χ3v) is 9.74. The van der Waals surface area contributed by atoms with E-state index in [0.717, 1.165) is 24.2 Å². The second kappa shape index (κ2) is 11.8. The van der Waals surface area contributed by atoms with E-state index in [-0.39, 0.29) is 23.6 Å².